The second-order valence-electron chi connectivity index (χ2n) is 23.9. The first kappa shape index (κ1) is 80.7. The van der Waals surface area contributed by atoms with E-state index in [-0.39, 0.29) is 18.9 Å². The summed E-state index contributed by atoms with van der Waals surface area (Å²) in [5.41, 5.74) is 0. The molecule has 19 nitrogen and oxygen atoms in total. The normalized spacial score (nSPS) is 28.7. The van der Waals surface area contributed by atoms with Gasteiger partial charge in [-0.05, 0) is 83.5 Å². The zero-order chi connectivity index (χ0) is 65.4. The monoisotopic (exact) mass is 1270 g/mol. The molecule has 0 spiro atoms. The van der Waals surface area contributed by atoms with Crippen LogP contribution in [0.25, 0.3) is 0 Å². The van der Waals surface area contributed by atoms with Gasteiger partial charge in [-0.3, -0.25) is 4.79 Å². The number of aliphatic hydroxyl groups is 11. The molecule has 3 aliphatic heterocycles. The highest BCUT2D eigenvalue weighted by Crippen LogP contribution is 2.33. The maximum Gasteiger partial charge on any atom is 0.220 e. The molecule has 3 heterocycles. The summed E-state index contributed by atoms with van der Waals surface area (Å²) in [5, 5.41) is 120. The molecular formula is C71H119NO18. The molecule has 3 fully saturated rings. The fourth-order valence-corrected chi connectivity index (χ4v) is 10.8. The quantitative estimate of drug-likeness (QED) is 0.0200. The van der Waals surface area contributed by atoms with Crippen molar-refractivity contribution in [3.8, 4) is 0 Å². The van der Waals surface area contributed by atoms with Crippen molar-refractivity contribution in [3.63, 3.8) is 0 Å². The smallest absolute Gasteiger partial charge is 0.220 e. The maximum atomic E-state index is 13.4. The molecule has 0 bridgehead atoms. The Morgan fingerprint density at radius 1 is 0.411 bits per heavy atom. The van der Waals surface area contributed by atoms with Crippen molar-refractivity contribution in [2.75, 3.05) is 26.4 Å². The Bertz CT molecular complexity index is 2060. The summed E-state index contributed by atoms with van der Waals surface area (Å²) in [6, 6.07) is -0.899. The average Bonchev–Trinajstić information content (AvgIpc) is 1.08. The molecule has 12 N–H and O–H groups in total. The number of nitrogens with one attached hydrogen (secondary N) is 1. The van der Waals surface area contributed by atoms with Crippen molar-refractivity contribution in [1.29, 1.82) is 0 Å². The number of carbonyl (C=O) groups excluding carboxylic acids is 1. The molecule has 17 atom stereocenters. The van der Waals surface area contributed by atoms with E-state index in [1.54, 1.807) is 0 Å². The standard InChI is InChI=1S/C71H119NO18/c1-3-5-7-9-11-13-15-16-17-18-19-20-21-22-23-24-25-26-27-28-29-30-31-32-33-34-35-36-37-38-39-41-43-45-47-49-59(77)72-54(55(76)48-46-44-42-40-14-12-10-8-6-4-2)53-85-69-65(83)62(80)67(57(51-74)87-69)90-71-66(84)63(81)68(58(52-75)88-71)89-70-64(82)61(79)60(78)56(50-73)86-70/h5,7,11,13,16-17,19-20,22-23,25-26,28-29,31-32,34-35,54-58,60-71,73-76,78-84H,3-4,6,8-10,12,14-15,18,21,24,27,30,33,36-53H2,1-2H3,(H,72,77)/b7-5-,13-11-,17-16-,20-19-,23-22-,26-25-,29-28-,32-31-,35-34-. The van der Waals surface area contributed by atoms with Crippen LogP contribution < -0.4 is 5.32 Å². The lowest BCUT2D eigenvalue weighted by Crippen LogP contribution is -2.66. The molecule has 17 unspecified atom stereocenters. The molecule has 1 amide bonds. The number of allylic oxidation sites excluding steroid dienone is 18. The Hall–Kier alpha value is -3.55. The number of rotatable bonds is 50. The molecule has 0 aromatic carbocycles. The first-order chi connectivity index (χ1) is 43.8. The van der Waals surface area contributed by atoms with Crippen molar-refractivity contribution < 1.29 is 89.4 Å². The van der Waals surface area contributed by atoms with Gasteiger partial charge in [-0.1, -0.05) is 220 Å². The van der Waals surface area contributed by atoms with Crippen LogP contribution in [0.5, 0.6) is 0 Å². The van der Waals surface area contributed by atoms with Crippen LogP contribution in [0.3, 0.4) is 0 Å². The van der Waals surface area contributed by atoms with Gasteiger partial charge in [0.25, 0.3) is 0 Å². The molecule has 0 aromatic heterocycles. The van der Waals surface area contributed by atoms with E-state index in [1.165, 1.54) is 38.5 Å². The summed E-state index contributed by atoms with van der Waals surface area (Å²) < 4.78 is 34.3. The van der Waals surface area contributed by atoms with Crippen LogP contribution >= 0.6 is 0 Å². The zero-order valence-corrected chi connectivity index (χ0v) is 54.3. The highest BCUT2D eigenvalue weighted by atomic mass is 16.8. The van der Waals surface area contributed by atoms with Gasteiger partial charge in [0.2, 0.25) is 5.91 Å². The van der Waals surface area contributed by atoms with Gasteiger partial charge in [0.15, 0.2) is 18.9 Å². The minimum Gasteiger partial charge on any atom is -0.394 e. The van der Waals surface area contributed by atoms with Gasteiger partial charge in [0.05, 0.1) is 38.6 Å². The number of unbranched alkanes of at least 4 members (excludes halogenated alkanes) is 16. The summed E-state index contributed by atoms with van der Waals surface area (Å²) in [5.74, 6) is -0.261. The second kappa shape index (κ2) is 51.8. The van der Waals surface area contributed by atoms with Crippen LogP contribution in [0.2, 0.25) is 0 Å². The molecule has 3 rings (SSSR count). The molecular weight excluding hydrogens is 1150 g/mol. The van der Waals surface area contributed by atoms with Crippen LogP contribution in [-0.4, -0.2) is 193 Å². The number of hydrogen-bond acceptors (Lipinski definition) is 18. The van der Waals surface area contributed by atoms with E-state index < -0.39 is 124 Å². The Labute approximate surface area is 538 Å². The lowest BCUT2D eigenvalue weighted by atomic mass is 9.96. The summed E-state index contributed by atoms with van der Waals surface area (Å²) in [4.78, 5) is 13.4. The predicted octanol–water partition coefficient (Wildman–Crippen LogP) is 8.66. The lowest BCUT2D eigenvalue weighted by molar-refractivity contribution is -0.379. The molecule has 0 radical (unpaired) electrons. The summed E-state index contributed by atoms with van der Waals surface area (Å²) in [6.07, 6.45) is 41.9. The fraction of sp³-hybridized carbons (Fsp3) is 0.732. The Morgan fingerprint density at radius 3 is 1.20 bits per heavy atom. The van der Waals surface area contributed by atoms with E-state index >= 15 is 0 Å². The van der Waals surface area contributed by atoms with Crippen molar-refractivity contribution in [1.82, 2.24) is 5.32 Å². The van der Waals surface area contributed by atoms with E-state index in [2.05, 4.69) is 129 Å². The Balaban J connectivity index is 1.36. The summed E-state index contributed by atoms with van der Waals surface area (Å²) >= 11 is 0. The van der Waals surface area contributed by atoms with E-state index in [1.807, 2.05) is 0 Å². The largest absolute Gasteiger partial charge is 0.394 e. The molecule has 516 valence electrons. The highest BCUT2D eigenvalue weighted by Gasteiger charge is 2.53. The van der Waals surface area contributed by atoms with Gasteiger partial charge >= 0.3 is 0 Å². The predicted molar refractivity (Wildman–Crippen MR) is 350 cm³/mol. The van der Waals surface area contributed by atoms with E-state index in [0.717, 1.165) is 128 Å². The van der Waals surface area contributed by atoms with E-state index in [9.17, 15) is 61.0 Å². The van der Waals surface area contributed by atoms with Crippen LogP contribution in [0.1, 0.15) is 200 Å². The SMILES string of the molecule is CC/C=C\C/C=C\C/C=C\C/C=C\C/C=C\C/C=C\C/C=C\C/C=C\C/C=C\CCCCCCCCCC(=O)NC(COC1OC(CO)C(OC2OC(CO)C(OC3OC(CO)C(O)C(O)C3O)C(O)C2O)C(O)C1O)C(O)CCCCCCCCCCCC. The zero-order valence-electron chi connectivity index (χ0n) is 54.3. The summed E-state index contributed by atoms with van der Waals surface area (Å²) in [6.45, 7) is 1.62. The number of amides is 1. The number of carbonyl (C=O) groups is 1. The number of hydrogen-bond donors (Lipinski definition) is 12. The number of aliphatic hydroxyl groups excluding tert-OH is 11. The lowest BCUT2D eigenvalue weighted by Gasteiger charge is -2.48. The van der Waals surface area contributed by atoms with Crippen molar-refractivity contribution >= 4 is 5.91 Å². The molecule has 90 heavy (non-hydrogen) atoms. The van der Waals surface area contributed by atoms with Crippen molar-refractivity contribution in [2.24, 2.45) is 0 Å². The van der Waals surface area contributed by atoms with Crippen LogP contribution in [0, 0.1) is 0 Å². The van der Waals surface area contributed by atoms with Crippen molar-refractivity contribution in [3.05, 3.63) is 109 Å². The number of ether oxygens (including phenoxy) is 6. The molecule has 0 aromatic rings. The van der Waals surface area contributed by atoms with E-state index in [4.69, 9.17) is 28.4 Å². The third kappa shape index (κ3) is 33.5. The van der Waals surface area contributed by atoms with Crippen LogP contribution in [-0.2, 0) is 33.2 Å². The van der Waals surface area contributed by atoms with Gasteiger partial charge in [0, 0.05) is 6.42 Å². The average molecular weight is 1270 g/mol. The molecule has 3 saturated heterocycles. The van der Waals surface area contributed by atoms with Gasteiger partial charge < -0.3 is 89.9 Å². The van der Waals surface area contributed by atoms with Crippen LogP contribution in [0.4, 0.5) is 0 Å². The first-order valence-corrected chi connectivity index (χ1v) is 34.1. The third-order valence-electron chi connectivity index (χ3n) is 16.4. The second-order valence-corrected chi connectivity index (χ2v) is 23.9. The molecule has 19 heteroatoms. The molecule has 0 saturated carbocycles. The third-order valence-corrected chi connectivity index (χ3v) is 16.4. The van der Waals surface area contributed by atoms with Gasteiger partial charge in [-0.2, -0.15) is 0 Å². The minimum atomic E-state index is -1.98. The molecule has 0 aliphatic carbocycles. The van der Waals surface area contributed by atoms with Crippen LogP contribution in [0.15, 0.2) is 109 Å². The van der Waals surface area contributed by atoms with Gasteiger partial charge in [0.1, 0.15) is 73.2 Å². The van der Waals surface area contributed by atoms with Gasteiger partial charge in [-0.15, -0.1) is 0 Å². The highest BCUT2D eigenvalue weighted by molar-refractivity contribution is 5.76. The molecule has 3 aliphatic rings. The topological polar surface area (TPSA) is 307 Å². The Morgan fingerprint density at radius 2 is 0.767 bits per heavy atom. The first-order valence-electron chi connectivity index (χ1n) is 34.1. The Kier molecular flexibility index (Phi) is 46.5. The minimum absolute atomic E-state index is 0.246. The summed E-state index contributed by atoms with van der Waals surface area (Å²) in [7, 11) is 0. The maximum absolute atomic E-state index is 13.4. The van der Waals surface area contributed by atoms with E-state index in [0.29, 0.717) is 12.8 Å². The fourth-order valence-electron chi connectivity index (χ4n) is 10.8. The van der Waals surface area contributed by atoms with Gasteiger partial charge in [-0.25, -0.2) is 0 Å². The van der Waals surface area contributed by atoms with Crippen molar-refractivity contribution in [2.45, 2.75) is 304 Å².